The summed E-state index contributed by atoms with van der Waals surface area (Å²) in [6.07, 6.45) is 11.1. The predicted octanol–water partition coefficient (Wildman–Crippen LogP) is 3.49. The standard InChI is InChI=1S/C22H26N2O2.C4H4O4/c1-24-12-14(13-26-22(25)15-5-2-3-6-15)9-18-17-7-4-8-19-21(17)16(11-23-19)10-20(18)24;5-3(6)1-2-4(7)8/h4,7-9,11,15,18,20,23H,2-3,5-6,10,12-13H2,1H3;1-2H,(H,5,6)(H,7,8)/b;2-1-/t18-,20-;/m1./s1. The molecule has 8 heteroatoms. The third-order valence-electron chi connectivity index (χ3n) is 6.91. The van der Waals surface area contributed by atoms with E-state index in [9.17, 15) is 14.4 Å². The number of likely N-dealkylation sites (N-methyl/N-ethyl adjacent to an activating group) is 1. The number of aromatic amines is 1. The number of benzene rings is 1. The molecule has 1 aliphatic heterocycles. The molecule has 2 aromatic rings. The monoisotopic (exact) mass is 466 g/mol. The average molecular weight is 467 g/mol. The number of fused-ring (bicyclic) bond motifs is 2. The van der Waals surface area contributed by atoms with Gasteiger partial charge >= 0.3 is 17.9 Å². The Balaban J connectivity index is 0.000000297. The molecule has 1 aromatic heterocycles. The van der Waals surface area contributed by atoms with Crippen molar-refractivity contribution in [1.82, 2.24) is 9.88 Å². The van der Waals surface area contributed by atoms with E-state index in [1.165, 1.54) is 27.6 Å². The lowest BCUT2D eigenvalue weighted by Crippen LogP contribution is -2.44. The Labute approximate surface area is 197 Å². The van der Waals surface area contributed by atoms with Crippen LogP contribution in [0.4, 0.5) is 0 Å². The van der Waals surface area contributed by atoms with Gasteiger partial charge in [-0.25, -0.2) is 9.59 Å². The number of hydrogen-bond donors (Lipinski definition) is 3. The molecule has 0 bridgehead atoms. The third kappa shape index (κ3) is 5.22. The van der Waals surface area contributed by atoms with E-state index in [0.29, 0.717) is 30.7 Å². The fourth-order valence-electron chi connectivity index (χ4n) is 5.34. The number of nitrogens with zero attached hydrogens (tertiary/aromatic N) is 1. The van der Waals surface area contributed by atoms with Crippen LogP contribution in [0.15, 0.2) is 48.2 Å². The van der Waals surface area contributed by atoms with Gasteiger partial charge in [0.25, 0.3) is 0 Å². The number of carbonyl (C=O) groups is 3. The summed E-state index contributed by atoms with van der Waals surface area (Å²) in [6, 6.07) is 7.04. The molecule has 3 N–H and O–H groups in total. The van der Waals surface area contributed by atoms with Crippen LogP contribution in [0.1, 0.15) is 42.7 Å². The maximum absolute atomic E-state index is 12.3. The minimum absolute atomic E-state index is 0.00634. The van der Waals surface area contributed by atoms with E-state index in [0.717, 1.165) is 38.6 Å². The Hall–Kier alpha value is -3.39. The summed E-state index contributed by atoms with van der Waals surface area (Å²) in [5.41, 5.74) is 5.29. The first-order valence-corrected chi connectivity index (χ1v) is 11.6. The first-order chi connectivity index (χ1) is 16.3. The summed E-state index contributed by atoms with van der Waals surface area (Å²) in [5, 5.41) is 17.0. The molecule has 2 heterocycles. The second-order valence-corrected chi connectivity index (χ2v) is 9.22. The predicted molar refractivity (Wildman–Crippen MR) is 127 cm³/mol. The largest absolute Gasteiger partial charge is 0.478 e. The summed E-state index contributed by atoms with van der Waals surface area (Å²) in [7, 11) is 2.20. The fourth-order valence-corrected chi connectivity index (χ4v) is 5.34. The Morgan fingerprint density at radius 2 is 1.85 bits per heavy atom. The lowest BCUT2D eigenvalue weighted by atomic mass is 9.77. The molecule has 34 heavy (non-hydrogen) atoms. The van der Waals surface area contributed by atoms with Crippen LogP contribution < -0.4 is 0 Å². The SMILES string of the molecule is CN1CC(COC(=O)C2CCCC2)=C[C@@H]2c3cccc4[nH]cc(c34)C[C@H]21.O=C(O)/C=C\C(=O)O. The highest BCUT2D eigenvalue weighted by Gasteiger charge is 2.36. The quantitative estimate of drug-likeness (QED) is 0.350. The van der Waals surface area contributed by atoms with Gasteiger partial charge in [0.1, 0.15) is 6.61 Å². The second-order valence-electron chi connectivity index (χ2n) is 9.22. The number of aromatic nitrogens is 1. The van der Waals surface area contributed by atoms with E-state index < -0.39 is 11.9 Å². The Morgan fingerprint density at radius 1 is 1.15 bits per heavy atom. The number of carbonyl (C=O) groups excluding carboxylic acids is 1. The van der Waals surface area contributed by atoms with Crippen molar-refractivity contribution in [1.29, 1.82) is 0 Å². The zero-order valence-corrected chi connectivity index (χ0v) is 19.2. The van der Waals surface area contributed by atoms with Gasteiger partial charge in [0.2, 0.25) is 0 Å². The van der Waals surface area contributed by atoms with E-state index in [1.807, 2.05) is 0 Å². The molecule has 0 unspecified atom stereocenters. The lowest BCUT2D eigenvalue weighted by Gasteiger charge is -2.41. The van der Waals surface area contributed by atoms with Gasteiger partial charge in [-0.3, -0.25) is 9.69 Å². The van der Waals surface area contributed by atoms with Crippen molar-refractivity contribution in [2.45, 2.75) is 44.1 Å². The lowest BCUT2D eigenvalue weighted by molar-refractivity contribution is -0.147. The molecule has 2 atom stereocenters. The van der Waals surface area contributed by atoms with Crippen molar-refractivity contribution in [3.05, 3.63) is 59.3 Å². The van der Waals surface area contributed by atoms with Gasteiger partial charge < -0.3 is 19.9 Å². The van der Waals surface area contributed by atoms with E-state index in [-0.39, 0.29) is 11.9 Å². The Morgan fingerprint density at radius 3 is 2.53 bits per heavy atom. The smallest absolute Gasteiger partial charge is 0.328 e. The molecule has 1 aromatic carbocycles. The molecule has 0 radical (unpaired) electrons. The topological polar surface area (TPSA) is 120 Å². The zero-order valence-electron chi connectivity index (χ0n) is 19.2. The van der Waals surface area contributed by atoms with Crippen molar-refractivity contribution >= 4 is 28.8 Å². The van der Waals surface area contributed by atoms with Crippen molar-refractivity contribution < 1.29 is 29.3 Å². The van der Waals surface area contributed by atoms with Gasteiger partial charge in [0, 0.05) is 47.8 Å². The molecule has 1 fully saturated rings. The van der Waals surface area contributed by atoms with Crippen LogP contribution in [0.2, 0.25) is 0 Å². The number of hydrogen-bond acceptors (Lipinski definition) is 5. The summed E-state index contributed by atoms with van der Waals surface area (Å²) in [5.74, 6) is -2.00. The minimum atomic E-state index is -1.26. The molecule has 3 aliphatic rings. The van der Waals surface area contributed by atoms with E-state index in [4.69, 9.17) is 14.9 Å². The highest BCUT2D eigenvalue weighted by atomic mass is 16.5. The molecule has 180 valence electrons. The summed E-state index contributed by atoms with van der Waals surface area (Å²) in [6.45, 7) is 1.33. The van der Waals surface area contributed by atoms with Crippen LogP contribution in [-0.2, 0) is 25.5 Å². The highest BCUT2D eigenvalue weighted by molar-refractivity contribution is 5.90. The summed E-state index contributed by atoms with van der Waals surface area (Å²) >= 11 is 0. The van der Waals surface area contributed by atoms with Gasteiger partial charge in [0.15, 0.2) is 0 Å². The van der Waals surface area contributed by atoms with E-state index >= 15 is 0 Å². The van der Waals surface area contributed by atoms with Crippen molar-refractivity contribution in [2.24, 2.45) is 5.92 Å². The first kappa shape index (κ1) is 23.8. The maximum Gasteiger partial charge on any atom is 0.328 e. The average Bonchev–Trinajstić information content (AvgIpc) is 3.49. The molecule has 5 rings (SSSR count). The number of aliphatic carboxylic acids is 2. The fraction of sp³-hybridized carbons (Fsp3) is 0.423. The van der Waals surface area contributed by atoms with Crippen LogP contribution in [0.3, 0.4) is 0 Å². The normalized spacial score (nSPS) is 22.1. The zero-order chi connectivity index (χ0) is 24.2. The molecular weight excluding hydrogens is 436 g/mol. The molecule has 0 amide bonds. The van der Waals surface area contributed by atoms with E-state index in [1.54, 1.807) is 0 Å². The third-order valence-corrected chi connectivity index (χ3v) is 6.91. The van der Waals surface area contributed by atoms with Gasteiger partial charge in [-0.1, -0.05) is 31.1 Å². The number of esters is 1. The molecule has 1 saturated carbocycles. The van der Waals surface area contributed by atoms with Crippen molar-refractivity contribution in [2.75, 3.05) is 20.2 Å². The number of carboxylic acids is 2. The maximum atomic E-state index is 12.3. The highest BCUT2D eigenvalue weighted by Crippen LogP contribution is 2.41. The molecule has 8 nitrogen and oxygen atoms in total. The van der Waals surface area contributed by atoms with Crippen molar-refractivity contribution in [3.63, 3.8) is 0 Å². The summed E-state index contributed by atoms with van der Waals surface area (Å²) in [4.78, 5) is 37.2. The molecule has 0 saturated heterocycles. The van der Waals surface area contributed by atoms with Gasteiger partial charge in [-0.05, 0) is 49.1 Å². The van der Waals surface area contributed by atoms with Crippen LogP contribution >= 0.6 is 0 Å². The number of rotatable bonds is 5. The van der Waals surface area contributed by atoms with Crippen LogP contribution in [-0.4, -0.2) is 64.2 Å². The minimum Gasteiger partial charge on any atom is -0.478 e. The second kappa shape index (κ2) is 10.3. The first-order valence-electron chi connectivity index (χ1n) is 11.6. The van der Waals surface area contributed by atoms with Gasteiger partial charge in [-0.15, -0.1) is 0 Å². The van der Waals surface area contributed by atoms with Crippen LogP contribution in [0.25, 0.3) is 10.9 Å². The number of nitrogens with one attached hydrogen (secondary N) is 1. The number of carboxylic acid groups (broad SMARTS) is 2. The Kier molecular flexibility index (Phi) is 7.17. The number of H-pyrrole nitrogens is 1. The van der Waals surface area contributed by atoms with E-state index in [2.05, 4.69) is 47.4 Å². The Bertz CT molecular complexity index is 1130. The van der Waals surface area contributed by atoms with Crippen LogP contribution in [0.5, 0.6) is 0 Å². The molecule has 2 aliphatic carbocycles. The van der Waals surface area contributed by atoms with Crippen molar-refractivity contribution in [3.8, 4) is 0 Å². The van der Waals surface area contributed by atoms with Gasteiger partial charge in [-0.2, -0.15) is 0 Å². The number of ether oxygens (including phenoxy) is 1. The molecular formula is C26H30N2O6. The van der Waals surface area contributed by atoms with Gasteiger partial charge in [0.05, 0.1) is 5.92 Å². The van der Waals surface area contributed by atoms with Crippen LogP contribution in [0, 0.1) is 5.92 Å². The molecule has 0 spiro atoms. The summed E-state index contributed by atoms with van der Waals surface area (Å²) < 4.78 is 5.68.